The first-order valence-corrected chi connectivity index (χ1v) is 13.6. The zero-order valence-electron chi connectivity index (χ0n) is 20.1. The Bertz CT molecular complexity index is 767. The van der Waals surface area contributed by atoms with E-state index >= 15 is 0 Å². The monoisotopic (exact) mass is 437 g/mol. The Morgan fingerprint density at radius 3 is 2.81 bits per heavy atom. The van der Waals surface area contributed by atoms with E-state index in [2.05, 4.69) is 34.3 Å². The Morgan fingerprint density at radius 1 is 1.12 bits per heavy atom. The van der Waals surface area contributed by atoms with Crippen LogP contribution < -0.4 is 5.32 Å². The molecular weight excluding hydrogens is 394 g/mol. The van der Waals surface area contributed by atoms with Crippen LogP contribution in [0.1, 0.15) is 95.5 Å². The van der Waals surface area contributed by atoms with Crippen molar-refractivity contribution in [2.75, 3.05) is 19.6 Å². The molecule has 0 saturated heterocycles. The van der Waals surface area contributed by atoms with E-state index < -0.39 is 0 Å². The lowest BCUT2D eigenvalue weighted by Crippen LogP contribution is -2.43. The van der Waals surface area contributed by atoms with Crippen LogP contribution in [0.15, 0.2) is 24.5 Å². The number of pyridine rings is 1. The Kier molecular flexibility index (Phi) is 6.76. The predicted molar refractivity (Wildman–Crippen MR) is 129 cm³/mol. The second-order valence-electron chi connectivity index (χ2n) is 11.6. The van der Waals surface area contributed by atoms with E-state index in [1.165, 1.54) is 76.2 Å². The molecule has 1 aromatic heterocycles. The van der Waals surface area contributed by atoms with Gasteiger partial charge in [0.15, 0.2) is 0 Å². The second-order valence-corrected chi connectivity index (χ2v) is 11.6. The van der Waals surface area contributed by atoms with E-state index in [0.717, 1.165) is 43.8 Å². The summed E-state index contributed by atoms with van der Waals surface area (Å²) in [5.41, 5.74) is 1.92. The lowest BCUT2D eigenvalue weighted by atomic mass is 9.71. The Balaban J connectivity index is 1.16. The fourth-order valence-corrected chi connectivity index (χ4v) is 7.74. The molecule has 1 heterocycles. The van der Waals surface area contributed by atoms with Crippen molar-refractivity contribution in [2.45, 2.75) is 89.9 Å². The molecule has 0 aliphatic heterocycles. The van der Waals surface area contributed by atoms with Gasteiger partial charge in [-0.05, 0) is 104 Å². The van der Waals surface area contributed by atoms with Crippen LogP contribution >= 0.6 is 0 Å². The highest BCUT2D eigenvalue weighted by molar-refractivity contribution is 5.74. The van der Waals surface area contributed by atoms with Gasteiger partial charge in [0, 0.05) is 32.0 Å². The van der Waals surface area contributed by atoms with Crippen molar-refractivity contribution in [1.29, 1.82) is 0 Å². The Labute approximate surface area is 194 Å². The van der Waals surface area contributed by atoms with E-state index in [4.69, 9.17) is 0 Å². The average Bonchev–Trinajstić information content (AvgIpc) is 3.55. The van der Waals surface area contributed by atoms with Gasteiger partial charge in [-0.15, -0.1) is 0 Å². The summed E-state index contributed by atoms with van der Waals surface area (Å²) in [6, 6.07) is 4.43. The lowest BCUT2D eigenvalue weighted by molar-refractivity contribution is 0.134. The molecule has 5 rings (SSSR count). The van der Waals surface area contributed by atoms with Gasteiger partial charge in [-0.2, -0.15) is 0 Å². The number of unbranched alkanes of at least 4 members (excludes halogenated alkanes) is 2. The fraction of sp³-hybridized carbons (Fsp3) is 0.786. The molecule has 0 spiro atoms. The molecule has 5 unspecified atom stereocenters. The lowest BCUT2D eigenvalue weighted by Gasteiger charge is -2.37. The first kappa shape index (κ1) is 22.2. The molecule has 3 bridgehead atoms. The second kappa shape index (κ2) is 9.73. The number of carbonyl (C=O) groups is 1. The minimum atomic E-state index is 0.186. The van der Waals surface area contributed by atoms with Crippen LogP contribution in [-0.2, 0) is 0 Å². The maximum absolute atomic E-state index is 13.2. The Morgan fingerprint density at radius 2 is 1.97 bits per heavy atom. The quantitative estimate of drug-likeness (QED) is 0.431. The van der Waals surface area contributed by atoms with E-state index in [-0.39, 0.29) is 6.03 Å². The molecule has 6 atom stereocenters. The normalized spacial score (nSPS) is 34.8. The van der Waals surface area contributed by atoms with E-state index in [1.807, 2.05) is 12.4 Å². The molecule has 2 amide bonds. The fourth-order valence-electron chi connectivity index (χ4n) is 7.74. The third-order valence-corrected chi connectivity index (χ3v) is 9.52. The number of fused-ring (bicyclic) bond motifs is 2. The van der Waals surface area contributed by atoms with Crippen molar-refractivity contribution < 1.29 is 4.79 Å². The van der Waals surface area contributed by atoms with Crippen molar-refractivity contribution in [2.24, 2.45) is 29.1 Å². The molecule has 176 valence electrons. The van der Waals surface area contributed by atoms with Crippen molar-refractivity contribution in [1.82, 2.24) is 15.2 Å². The molecular formula is C28H43N3O. The maximum Gasteiger partial charge on any atom is 0.317 e. The molecule has 1 aromatic rings. The molecule has 4 saturated carbocycles. The minimum absolute atomic E-state index is 0.186. The van der Waals surface area contributed by atoms with Gasteiger partial charge >= 0.3 is 6.03 Å². The predicted octanol–water partition coefficient (Wildman–Crippen LogP) is 6.38. The van der Waals surface area contributed by atoms with Crippen LogP contribution in [0.25, 0.3) is 0 Å². The first-order valence-electron chi connectivity index (χ1n) is 13.6. The smallest absolute Gasteiger partial charge is 0.317 e. The molecule has 4 aliphatic carbocycles. The van der Waals surface area contributed by atoms with Gasteiger partial charge in [-0.1, -0.05) is 32.6 Å². The van der Waals surface area contributed by atoms with Crippen LogP contribution in [0, 0.1) is 29.1 Å². The van der Waals surface area contributed by atoms with Gasteiger partial charge < -0.3 is 10.2 Å². The summed E-state index contributed by atoms with van der Waals surface area (Å²) in [5.74, 6) is 4.13. The van der Waals surface area contributed by atoms with Gasteiger partial charge in [-0.3, -0.25) is 4.98 Å². The zero-order valence-corrected chi connectivity index (χ0v) is 20.1. The molecule has 1 N–H and O–H groups in total. The summed E-state index contributed by atoms with van der Waals surface area (Å²) in [4.78, 5) is 19.5. The van der Waals surface area contributed by atoms with Gasteiger partial charge in [0.05, 0.1) is 0 Å². The van der Waals surface area contributed by atoms with Gasteiger partial charge in [0.1, 0.15) is 0 Å². The summed E-state index contributed by atoms with van der Waals surface area (Å²) in [6.07, 6.45) is 20.0. The molecule has 32 heavy (non-hydrogen) atoms. The Hall–Kier alpha value is -1.58. The van der Waals surface area contributed by atoms with Crippen LogP contribution in [0.5, 0.6) is 0 Å². The largest absolute Gasteiger partial charge is 0.338 e. The topological polar surface area (TPSA) is 45.2 Å². The maximum atomic E-state index is 13.2. The van der Waals surface area contributed by atoms with Crippen molar-refractivity contribution in [3.05, 3.63) is 30.1 Å². The molecule has 4 heteroatoms. The number of hydrogen-bond donors (Lipinski definition) is 1. The van der Waals surface area contributed by atoms with Crippen molar-refractivity contribution >= 4 is 6.03 Å². The summed E-state index contributed by atoms with van der Waals surface area (Å²) in [7, 11) is 0. The number of amides is 2. The van der Waals surface area contributed by atoms with Crippen LogP contribution in [0.4, 0.5) is 4.79 Å². The highest BCUT2D eigenvalue weighted by atomic mass is 16.2. The van der Waals surface area contributed by atoms with Gasteiger partial charge in [-0.25, -0.2) is 4.79 Å². The van der Waals surface area contributed by atoms with E-state index in [1.54, 1.807) is 0 Å². The van der Waals surface area contributed by atoms with E-state index in [9.17, 15) is 4.79 Å². The highest BCUT2D eigenvalue weighted by Gasteiger charge is 2.51. The number of urea groups is 1. The third-order valence-electron chi connectivity index (χ3n) is 9.52. The molecule has 4 fully saturated rings. The number of aromatic nitrogens is 1. The third kappa shape index (κ3) is 4.84. The number of rotatable bonds is 10. The van der Waals surface area contributed by atoms with Gasteiger partial charge in [0.25, 0.3) is 0 Å². The summed E-state index contributed by atoms with van der Waals surface area (Å²) < 4.78 is 0. The van der Waals surface area contributed by atoms with Gasteiger partial charge in [0.2, 0.25) is 0 Å². The molecule has 4 nitrogen and oxygen atoms in total. The standard InChI is InChI=1S/C28H43N3O/c1-2-3-4-13-31(27(32)30-20-24-18-26(24)23-7-11-29-12-8-23)14-10-28-9-5-6-21-15-22(19-28)17-25(28)16-21/h7-8,11-12,21-22,24-26H,2-6,9-10,13-20H2,1H3,(H,30,32)/t21?,22?,24?,25-,26?,28?/m0/s1. The number of carbonyl (C=O) groups excluding carboxylic acids is 1. The van der Waals surface area contributed by atoms with Crippen molar-refractivity contribution in [3.8, 4) is 0 Å². The first-order chi connectivity index (χ1) is 15.7. The number of nitrogens with one attached hydrogen (secondary N) is 1. The molecule has 0 aromatic carbocycles. The van der Waals surface area contributed by atoms with Crippen LogP contribution in [0.3, 0.4) is 0 Å². The van der Waals surface area contributed by atoms with Crippen LogP contribution in [-0.4, -0.2) is 35.5 Å². The van der Waals surface area contributed by atoms with Crippen molar-refractivity contribution in [3.63, 3.8) is 0 Å². The molecule has 0 radical (unpaired) electrons. The SMILES string of the molecule is CCCCCN(CCC12CCCC3CC(C[C@@H]1C3)C2)C(=O)NCC1CC1c1ccncc1. The van der Waals surface area contributed by atoms with Crippen LogP contribution in [0.2, 0.25) is 0 Å². The average molecular weight is 438 g/mol. The number of nitrogens with zero attached hydrogens (tertiary/aromatic N) is 2. The summed E-state index contributed by atoms with van der Waals surface area (Å²) in [5, 5.41) is 3.32. The number of hydrogen-bond acceptors (Lipinski definition) is 2. The zero-order chi connectivity index (χ0) is 22.0. The van der Waals surface area contributed by atoms with E-state index in [0.29, 0.717) is 17.3 Å². The highest BCUT2D eigenvalue weighted by Crippen LogP contribution is 2.61. The summed E-state index contributed by atoms with van der Waals surface area (Å²) >= 11 is 0. The minimum Gasteiger partial charge on any atom is -0.338 e. The molecule has 4 aliphatic rings. The summed E-state index contributed by atoms with van der Waals surface area (Å²) in [6.45, 7) is 4.94.